The van der Waals surface area contributed by atoms with Crippen molar-refractivity contribution in [2.24, 2.45) is 0 Å². The van der Waals surface area contributed by atoms with Gasteiger partial charge in [0.1, 0.15) is 0 Å². The fourth-order valence-electron chi connectivity index (χ4n) is 1.94. The number of likely N-dealkylation sites (N-methyl/N-ethyl adjacent to an activating group) is 1. The van der Waals surface area contributed by atoms with Crippen LogP contribution in [0, 0.1) is 0 Å². The van der Waals surface area contributed by atoms with Gasteiger partial charge in [-0.05, 0) is 55.0 Å². The van der Waals surface area contributed by atoms with Crippen molar-refractivity contribution in [1.29, 1.82) is 0 Å². The number of hydrogen-bond donors (Lipinski definition) is 1. The maximum Gasteiger partial charge on any atom is 0.0178 e. The second kappa shape index (κ2) is 9.01. The van der Waals surface area contributed by atoms with Crippen molar-refractivity contribution in [2.45, 2.75) is 25.7 Å². The van der Waals surface area contributed by atoms with Crippen LogP contribution in [0.25, 0.3) is 0 Å². The highest BCUT2D eigenvalue weighted by molar-refractivity contribution is 9.10. The van der Waals surface area contributed by atoms with E-state index in [1.807, 2.05) is 11.8 Å². The maximum absolute atomic E-state index is 3.56. The Kier molecular flexibility index (Phi) is 7.99. The first kappa shape index (κ1) is 15.1. The quantitative estimate of drug-likeness (QED) is 0.718. The number of thioether (sulfide) groups is 1. The van der Waals surface area contributed by atoms with Crippen molar-refractivity contribution in [2.75, 3.05) is 25.1 Å². The average molecular weight is 316 g/mol. The van der Waals surface area contributed by atoms with Gasteiger partial charge in [0, 0.05) is 11.0 Å². The number of halogens is 1. The zero-order valence-electron chi connectivity index (χ0n) is 10.7. The number of nitrogens with one attached hydrogen (secondary N) is 1. The van der Waals surface area contributed by atoms with Crippen LogP contribution in [0.1, 0.15) is 31.2 Å². The van der Waals surface area contributed by atoms with Crippen molar-refractivity contribution >= 4 is 27.7 Å². The van der Waals surface area contributed by atoms with Crippen molar-refractivity contribution < 1.29 is 0 Å². The summed E-state index contributed by atoms with van der Waals surface area (Å²) in [6.07, 6.45) is 4.74. The van der Waals surface area contributed by atoms with Gasteiger partial charge in [-0.1, -0.05) is 35.0 Å². The van der Waals surface area contributed by atoms with E-state index in [1.165, 1.54) is 28.6 Å². The van der Waals surface area contributed by atoms with E-state index in [4.69, 9.17) is 0 Å². The first-order chi connectivity index (χ1) is 8.27. The van der Waals surface area contributed by atoms with Gasteiger partial charge >= 0.3 is 0 Å². The van der Waals surface area contributed by atoms with Crippen molar-refractivity contribution in [1.82, 2.24) is 5.32 Å². The second-order valence-electron chi connectivity index (χ2n) is 4.19. The Morgan fingerprint density at radius 3 is 2.88 bits per heavy atom. The van der Waals surface area contributed by atoms with Crippen LogP contribution in [-0.2, 0) is 0 Å². The van der Waals surface area contributed by atoms with E-state index < -0.39 is 0 Å². The highest BCUT2D eigenvalue weighted by Gasteiger charge is 2.10. The first-order valence-corrected chi connectivity index (χ1v) is 8.41. The molecule has 96 valence electrons. The zero-order valence-corrected chi connectivity index (χ0v) is 13.1. The minimum Gasteiger partial charge on any atom is -0.316 e. The predicted octanol–water partition coefficient (Wildman–Crippen LogP) is 4.29. The van der Waals surface area contributed by atoms with Crippen LogP contribution in [-0.4, -0.2) is 25.1 Å². The summed E-state index contributed by atoms with van der Waals surface area (Å²) in [5, 5.41) is 3.47. The molecule has 0 aliphatic heterocycles. The summed E-state index contributed by atoms with van der Waals surface area (Å²) in [6.45, 7) is 4.30. The van der Waals surface area contributed by atoms with E-state index in [0.29, 0.717) is 5.92 Å². The van der Waals surface area contributed by atoms with Gasteiger partial charge in [0.2, 0.25) is 0 Å². The van der Waals surface area contributed by atoms with E-state index >= 15 is 0 Å². The Morgan fingerprint density at radius 1 is 1.41 bits per heavy atom. The van der Waals surface area contributed by atoms with E-state index in [0.717, 1.165) is 13.1 Å². The molecular weight excluding hydrogens is 294 g/mol. The smallest absolute Gasteiger partial charge is 0.0178 e. The summed E-state index contributed by atoms with van der Waals surface area (Å²) in [7, 11) is 0. The molecule has 0 fully saturated rings. The number of benzene rings is 1. The minimum atomic E-state index is 0.639. The Hall–Kier alpha value is 0.01000. The lowest BCUT2D eigenvalue weighted by Crippen LogP contribution is -2.21. The molecule has 1 atom stereocenters. The molecule has 0 aliphatic rings. The molecule has 0 saturated heterocycles. The third kappa shape index (κ3) is 5.94. The molecule has 0 aromatic heterocycles. The largest absolute Gasteiger partial charge is 0.316 e. The highest BCUT2D eigenvalue weighted by atomic mass is 79.9. The standard InChI is InChI=1S/C14H22BrNS/c1-3-16-11-13(7-5-9-17-2)12-6-4-8-14(15)10-12/h4,6,8,10,13,16H,3,5,7,9,11H2,1-2H3. The van der Waals surface area contributed by atoms with Gasteiger partial charge in [-0.2, -0.15) is 11.8 Å². The van der Waals surface area contributed by atoms with E-state index in [-0.39, 0.29) is 0 Å². The molecule has 0 spiro atoms. The Balaban J connectivity index is 2.60. The van der Waals surface area contributed by atoms with Gasteiger partial charge in [-0.15, -0.1) is 0 Å². The molecule has 17 heavy (non-hydrogen) atoms. The first-order valence-electron chi connectivity index (χ1n) is 6.23. The molecule has 1 aromatic rings. The predicted molar refractivity (Wildman–Crippen MR) is 83.0 cm³/mol. The fraction of sp³-hybridized carbons (Fsp3) is 0.571. The zero-order chi connectivity index (χ0) is 12.5. The number of rotatable bonds is 8. The third-order valence-electron chi connectivity index (χ3n) is 2.86. The average Bonchev–Trinajstić information content (AvgIpc) is 2.33. The molecule has 1 nitrogen and oxygen atoms in total. The van der Waals surface area contributed by atoms with Crippen LogP contribution >= 0.6 is 27.7 Å². The summed E-state index contributed by atoms with van der Waals surface area (Å²) >= 11 is 5.49. The van der Waals surface area contributed by atoms with Crippen LogP contribution in [0.2, 0.25) is 0 Å². The topological polar surface area (TPSA) is 12.0 Å². The normalized spacial score (nSPS) is 12.6. The van der Waals surface area contributed by atoms with Crippen molar-refractivity contribution in [3.8, 4) is 0 Å². The van der Waals surface area contributed by atoms with Gasteiger partial charge in [0.25, 0.3) is 0 Å². The van der Waals surface area contributed by atoms with Crippen LogP contribution in [0.5, 0.6) is 0 Å². The Morgan fingerprint density at radius 2 is 2.24 bits per heavy atom. The van der Waals surface area contributed by atoms with Crippen molar-refractivity contribution in [3.05, 3.63) is 34.3 Å². The van der Waals surface area contributed by atoms with E-state index in [2.05, 4.69) is 58.7 Å². The second-order valence-corrected chi connectivity index (χ2v) is 6.10. The molecule has 0 bridgehead atoms. The van der Waals surface area contributed by atoms with Crippen molar-refractivity contribution in [3.63, 3.8) is 0 Å². The summed E-state index contributed by atoms with van der Waals surface area (Å²) < 4.78 is 1.18. The molecule has 0 saturated carbocycles. The molecule has 0 heterocycles. The van der Waals surface area contributed by atoms with Gasteiger partial charge in [0.15, 0.2) is 0 Å². The van der Waals surface area contributed by atoms with Gasteiger partial charge in [0.05, 0.1) is 0 Å². The molecule has 1 unspecified atom stereocenters. The Bertz CT molecular complexity index is 317. The van der Waals surface area contributed by atoms with Crippen LogP contribution in [0.4, 0.5) is 0 Å². The van der Waals surface area contributed by atoms with Crippen LogP contribution < -0.4 is 5.32 Å². The SMILES string of the molecule is CCNCC(CCCSC)c1cccc(Br)c1. The van der Waals surface area contributed by atoms with Gasteiger partial charge in [-0.25, -0.2) is 0 Å². The lowest BCUT2D eigenvalue weighted by atomic mass is 9.94. The summed E-state index contributed by atoms with van der Waals surface area (Å²) in [6, 6.07) is 8.72. The monoisotopic (exact) mass is 315 g/mol. The molecule has 0 amide bonds. The lowest BCUT2D eigenvalue weighted by molar-refractivity contribution is 0.557. The summed E-state index contributed by atoms with van der Waals surface area (Å²) in [5.41, 5.74) is 1.45. The molecule has 1 aromatic carbocycles. The van der Waals surface area contributed by atoms with E-state index in [9.17, 15) is 0 Å². The maximum atomic E-state index is 3.56. The molecule has 1 N–H and O–H groups in total. The number of hydrogen-bond acceptors (Lipinski definition) is 2. The minimum absolute atomic E-state index is 0.639. The molecule has 3 heteroatoms. The molecule has 1 rings (SSSR count). The van der Waals surface area contributed by atoms with Gasteiger partial charge < -0.3 is 5.32 Å². The summed E-state index contributed by atoms with van der Waals surface area (Å²) in [5.74, 6) is 1.90. The summed E-state index contributed by atoms with van der Waals surface area (Å²) in [4.78, 5) is 0. The fourth-order valence-corrected chi connectivity index (χ4v) is 2.81. The Labute approximate surface area is 118 Å². The van der Waals surface area contributed by atoms with Crippen LogP contribution in [0.3, 0.4) is 0 Å². The third-order valence-corrected chi connectivity index (χ3v) is 4.05. The molecule has 0 aliphatic carbocycles. The lowest BCUT2D eigenvalue weighted by Gasteiger charge is -2.18. The molecular formula is C14H22BrNS. The van der Waals surface area contributed by atoms with E-state index in [1.54, 1.807) is 0 Å². The molecule has 0 radical (unpaired) electrons. The van der Waals surface area contributed by atoms with Gasteiger partial charge in [-0.3, -0.25) is 0 Å². The van der Waals surface area contributed by atoms with Crippen LogP contribution in [0.15, 0.2) is 28.7 Å². The highest BCUT2D eigenvalue weighted by Crippen LogP contribution is 2.24.